The van der Waals surface area contributed by atoms with Crippen molar-refractivity contribution in [3.8, 4) is 11.4 Å². The first-order valence-corrected chi connectivity index (χ1v) is 6.98. The van der Waals surface area contributed by atoms with E-state index in [2.05, 4.69) is 32.1 Å². The molecule has 2 aromatic heterocycles. The summed E-state index contributed by atoms with van der Waals surface area (Å²) in [5, 5.41) is 11.7. The minimum absolute atomic E-state index is 0.186. The maximum absolute atomic E-state index is 6.13. The molecule has 0 saturated carbocycles. The SMILES string of the molecule is Cc1nn(C)cc1-c1nc(N2CCC(C)C(N)C2)n[nH]1. The molecule has 0 spiro atoms. The van der Waals surface area contributed by atoms with E-state index in [1.165, 1.54) is 0 Å². The number of hydrogen-bond acceptors (Lipinski definition) is 5. The van der Waals surface area contributed by atoms with E-state index >= 15 is 0 Å². The molecule has 0 aromatic carbocycles. The highest BCUT2D eigenvalue weighted by Crippen LogP contribution is 2.23. The van der Waals surface area contributed by atoms with Crippen LogP contribution in [0.4, 0.5) is 5.95 Å². The van der Waals surface area contributed by atoms with Crippen molar-refractivity contribution in [2.75, 3.05) is 18.0 Å². The fourth-order valence-electron chi connectivity index (χ4n) is 2.63. The second-order valence-electron chi connectivity index (χ2n) is 5.66. The number of anilines is 1. The third kappa shape index (κ3) is 2.29. The van der Waals surface area contributed by atoms with Crippen LogP contribution in [0.2, 0.25) is 0 Å². The van der Waals surface area contributed by atoms with Gasteiger partial charge in [0.1, 0.15) is 0 Å². The Morgan fingerprint density at radius 3 is 2.90 bits per heavy atom. The number of H-pyrrole nitrogens is 1. The van der Waals surface area contributed by atoms with Crippen LogP contribution >= 0.6 is 0 Å². The van der Waals surface area contributed by atoms with Crippen LogP contribution in [-0.4, -0.2) is 44.1 Å². The zero-order valence-electron chi connectivity index (χ0n) is 12.2. The first-order valence-electron chi connectivity index (χ1n) is 6.98. The van der Waals surface area contributed by atoms with E-state index in [0.717, 1.165) is 42.5 Å². The number of aryl methyl sites for hydroxylation is 2. The van der Waals surface area contributed by atoms with Crippen molar-refractivity contribution in [3.05, 3.63) is 11.9 Å². The number of hydrogen-bond donors (Lipinski definition) is 2. The van der Waals surface area contributed by atoms with Crippen LogP contribution in [0, 0.1) is 12.8 Å². The number of aromatic nitrogens is 5. The van der Waals surface area contributed by atoms with Crippen LogP contribution in [-0.2, 0) is 7.05 Å². The third-order valence-electron chi connectivity index (χ3n) is 4.04. The lowest BCUT2D eigenvalue weighted by Crippen LogP contribution is -2.48. The van der Waals surface area contributed by atoms with Crippen molar-refractivity contribution in [3.63, 3.8) is 0 Å². The monoisotopic (exact) mass is 275 g/mol. The van der Waals surface area contributed by atoms with Crippen LogP contribution in [0.25, 0.3) is 11.4 Å². The second-order valence-corrected chi connectivity index (χ2v) is 5.66. The number of nitrogens with two attached hydrogens (primary N) is 1. The summed E-state index contributed by atoms with van der Waals surface area (Å²) in [5.41, 5.74) is 8.06. The van der Waals surface area contributed by atoms with E-state index < -0.39 is 0 Å². The van der Waals surface area contributed by atoms with Gasteiger partial charge < -0.3 is 10.6 Å². The maximum Gasteiger partial charge on any atom is 0.245 e. The number of piperidine rings is 1. The molecule has 7 nitrogen and oxygen atoms in total. The average Bonchev–Trinajstić information content (AvgIpc) is 2.99. The van der Waals surface area contributed by atoms with E-state index in [9.17, 15) is 0 Å². The topological polar surface area (TPSA) is 88.7 Å². The van der Waals surface area contributed by atoms with Gasteiger partial charge in [-0.25, -0.2) is 0 Å². The van der Waals surface area contributed by atoms with Gasteiger partial charge in [-0.1, -0.05) is 6.92 Å². The summed E-state index contributed by atoms with van der Waals surface area (Å²) in [6.45, 7) is 5.93. The van der Waals surface area contributed by atoms with E-state index in [1.54, 1.807) is 4.68 Å². The lowest BCUT2D eigenvalue weighted by Gasteiger charge is -2.34. The fourth-order valence-corrected chi connectivity index (χ4v) is 2.63. The molecule has 0 bridgehead atoms. The van der Waals surface area contributed by atoms with Crippen molar-refractivity contribution in [2.24, 2.45) is 18.7 Å². The maximum atomic E-state index is 6.13. The van der Waals surface area contributed by atoms with Crippen LogP contribution in [0.5, 0.6) is 0 Å². The van der Waals surface area contributed by atoms with Gasteiger partial charge in [0, 0.05) is 32.4 Å². The smallest absolute Gasteiger partial charge is 0.245 e. The molecule has 3 rings (SSSR count). The lowest BCUT2D eigenvalue weighted by atomic mass is 9.95. The number of rotatable bonds is 2. The molecule has 1 aliphatic heterocycles. The molecule has 0 amide bonds. The van der Waals surface area contributed by atoms with Crippen LogP contribution < -0.4 is 10.6 Å². The van der Waals surface area contributed by atoms with Gasteiger partial charge >= 0.3 is 0 Å². The van der Waals surface area contributed by atoms with Crippen molar-refractivity contribution in [1.29, 1.82) is 0 Å². The van der Waals surface area contributed by atoms with E-state index in [-0.39, 0.29) is 6.04 Å². The number of aromatic amines is 1. The summed E-state index contributed by atoms with van der Waals surface area (Å²) < 4.78 is 1.78. The Balaban J connectivity index is 1.82. The third-order valence-corrected chi connectivity index (χ3v) is 4.04. The minimum Gasteiger partial charge on any atom is -0.338 e. The fraction of sp³-hybridized carbons (Fsp3) is 0.615. The van der Waals surface area contributed by atoms with Crippen LogP contribution in [0.3, 0.4) is 0 Å². The molecule has 3 N–H and O–H groups in total. The Morgan fingerprint density at radius 2 is 2.25 bits per heavy atom. The zero-order chi connectivity index (χ0) is 14.3. The molecule has 2 aromatic rings. The minimum atomic E-state index is 0.186. The number of nitrogens with one attached hydrogen (secondary N) is 1. The first kappa shape index (κ1) is 13.1. The second kappa shape index (κ2) is 4.90. The van der Waals surface area contributed by atoms with E-state index in [0.29, 0.717) is 5.92 Å². The summed E-state index contributed by atoms with van der Waals surface area (Å²) in [7, 11) is 1.90. The molecule has 108 valence electrons. The summed E-state index contributed by atoms with van der Waals surface area (Å²) in [6.07, 6.45) is 3.03. The van der Waals surface area contributed by atoms with Gasteiger partial charge in [-0.05, 0) is 19.3 Å². The molecule has 2 atom stereocenters. The van der Waals surface area contributed by atoms with Crippen molar-refractivity contribution < 1.29 is 0 Å². The Kier molecular flexibility index (Phi) is 3.21. The molecule has 0 radical (unpaired) electrons. The zero-order valence-corrected chi connectivity index (χ0v) is 12.2. The lowest BCUT2D eigenvalue weighted by molar-refractivity contribution is 0.376. The Morgan fingerprint density at radius 1 is 1.45 bits per heavy atom. The van der Waals surface area contributed by atoms with Gasteiger partial charge in [0.15, 0.2) is 5.82 Å². The Bertz CT molecular complexity index is 600. The van der Waals surface area contributed by atoms with Gasteiger partial charge in [-0.15, -0.1) is 5.10 Å². The predicted octanol–water partition coefficient (Wildman–Crippen LogP) is 0.687. The number of nitrogens with zero attached hydrogens (tertiary/aromatic N) is 5. The standard InChI is InChI=1S/C13H21N7/c1-8-4-5-20(7-11(8)14)13-15-12(16-17-13)10-6-19(3)18-9(10)2/h6,8,11H,4-5,7,14H2,1-3H3,(H,15,16,17). The highest BCUT2D eigenvalue weighted by atomic mass is 15.4. The molecule has 3 heterocycles. The van der Waals surface area contributed by atoms with Gasteiger partial charge in [0.2, 0.25) is 5.95 Å². The average molecular weight is 275 g/mol. The molecular weight excluding hydrogens is 254 g/mol. The van der Waals surface area contributed by atoms with Crippen LogP contribution in [0.1, 0.15) is 19.0 Å². The summed E-state index contributed by atoms with van der Waals surface area (Å²) in [5.74, 6) is 2.05. The van der Waals surface area contributed by atoms with Crippen LogP contribution in [0.15, 0.2) is 6.20 Å². The molecule has 0 aliphatic carbocycles. The quantitative estimate of drug-likeness (QED) is 0.841. The Hall–Kier alpha value is -1.89. The van der Waals surface area contributed by atoms with Crippen molar-refractivity contribution in [2.45, 2.75) is 26.3 Å². The van der Waals surface area contributed by atoms with Gasteiger partial charge in [-0.3, -0.25) is 9.78 Å². The molecule has 20 heavy (non-hydrogen) atoms. The van der Waals surface area contributed by atoms with Gasteiger partial charge in [-0.2, -0.15) is 10.1 Å². The predicted molar refractivity (Wildman–Crippen MR) is 77.3 cm³/mol. The van der Waals surface area contributed by atoms with Gasteiger partial charge in [0.25, 0.3) is 0 Å². The highest BCUT2D eigenvalue weighted by molar-refractivity contribution is 5.58. The summed E-state index contributed by atoms with van der Waals surface area (Å²) in [4.78, 5) is 6.74. The first-order chi connectivity index (χ1) is 9.54. The molecule has 1 fully saturated rings. The van der Waals surface area contributed by atoms with E-state index in [1.807, 2.05) is 20.2 Å². The molecular formula is C13H21N7. The Labute approximate surface area is 118 Å². The molecule has 2 unspecified atom stereocenters. The van der Waals surface area contributed by atoms with Crippen molar-refractivity contribution in [1.82, 2.24) is 25.0 Å². The van der Waals surface area contributed by atoms with Gasteiger partial charge in [0.05, 0.1) is 11.3 Å². The molecule has 7 heteroatoms. The summed E-state index contributed by atoms with van der Waals surface area (Å²) >= 11 is 0. The molecule has 1 aliphatic rings. The highest BCUT2D eigenvalue weighted by Gasteiger charge is 2.25. The largest absolute Gasteiger partial charge is 0.338 e. The van der Waals surface area contributed by atoms with Crippen molar-refractivity contribution >= 4 is 5.95 Å². The molecule has 1 saturated heterocycles. The normalized spacial score (nSPS) is 23.3. The summed E-state index contributed by atoms with van der Waals surface area (Å²) in [6, 6.07) is 0.186. The van der Waals surface area contributed by atoms with E-state index in [4.69, 9.17) is 5.73 Å².